The third kappa shape index (κ3) is 3.32. The Labute approximate surface area is 113 Å². The average molecular weight is 285 g/mol. The number of nitrogens with two attached hydrogens (primary N) is 1. The number of halogens is 3. The van der Waals surface area contributed by atoms with Gasteiger partial charge >= 0.3 is 6.18 Å². The first-order valence-corrected chi connectivity index (χ1v) is 6.16. The molecule has 0 saturated carbocycles. The fraction of sp³-hybridized carbons (Fsp3) is 0.417. The normalized spacial score (nSPS) is 11.8. The van der Waals surface area contributed by atoms with E-state index in [1.807, 2.05) is 0 Å². The molecular formula is C12H14F3N5. The maximum atomic E-state index is 12.7. The van der Waals surface area contributed by atoms with Crippen molar-refractivity contribution in [2.75, 3.05) is 6.54 Å². The summed E-state index contributed by atoms with van der Waals surface area (Å²) in [7, 11) is 0. The zero-order valence-electron chi connectivity index (χ0n) is 10.6. The molecule has 0 atom stereocenters. The number of unbranched alkanes of at least 4 members (excludes halogenated alkanes) is 1. The molecule has 2 rings (SSSR count). The molecule has 0 fully saturated rings. The number of tetrazole rings is 1. The number of hydrogen-bond acceptors (Lipinski definition) is 4. The summed E-state index contributed by atoms with van der Waals surface area (Å²) in [5.74, 6) is 0.327. The lowest BCUT2D eigenvalue weighted by Crippen LogP contribution is -2.07. The Morgan fingerprint density at radius 3 is 2.70 bits per heavy atom. The lowest BCUT2D eigenvalue weighted by atomic mass is 10.1. The van der Waals surface area contributed by atoms with Gasteiger partial charge in [-0.1, -0.05) is 12.1 Å². The van der Waals surface area contributed by atoms with Gasteiger partial charge in [-0.05, 0) is 41.9 Å². The first kappa shape index (κ1) is 14.4. The highest BCUT2D eigenvalue weighted by atomic mass is 19.4. The molecule has 0 aliphatic heterocycles. The Hall–Kier alpha value is -1.96. The molecule has 1 aromatic carbocycles. The van der Waals surface area contributed by atoms with Crippen LogP contribution < -0.4 is 5.73 Å². The summed E-state index contributed by atoms with van der Waals surface area (Å²) < 4.78 is 39.5. The van der Waals surface area contributed by atoms with Crippen molar-refractivity contribution >= 4 is 0 Å². The molecule has 0 unspecified atom stereocenters. The standard InChI is InChI=1S/C12H14F3N5/c13-12(14,15)10-5-3-4-9(8-10)11-17-18-19-20(11)7-2-1-6-16/h3-5,8H,1-2,6-7,16H2. The molecule has 20 heavy (non-hydrogen) atoms. The van der Waals surface area contributed by atoms with Crippen molar-refractivity contribution < 1.29 is 13.2 Å². The maximum absolute atomic E-state index is 12.7. The van der Waals surface area contributed by atoms with Gasteiger partial charge in [0, 0.05) is 12.1 Å². The van der Waals surface area contributed by atoms with Gasteiger partial charge < -0.3 is 5.73 Å². The first-order chi connectivity index (χ1) is 9.52. The average Bonchev–Trinajstić information content (AvgIpc) is 2.87. The third-order valence-corrected chi connectivity index (χ3v) is 2.80. The third-order valence-electron chi connectivity index (χ3n) is 2.80. The fourth-order valence-electron chi connectivity index (χ4n) is 1.80. The van der Waals surface area contributed by atoms with Crippen LogP contribution in [0.3, 0.4) is 0 Å². The zero-order valence-corrected chi connectivity index (χ0v) is 10.6. The van der Waals surface area contributed by atoms with E-state index >= 15 is 0 Å². The molecule has 0 aliphatic carbocycles. The van der Waals surface area contributed by atoms with Crippen LogP contribution in [0.25, 0.3) is 11.4 Å². The maximum Gasteiger partial charge on any atom is 0.416 e. The van der Waals surface area contributed by atoms with Crippen LogP contribution >= 0.6 is 0 Å². The number of benzene rings is 1. The van der Waals surface area contributed by atoms with Gasteiger partial charge in [0.1, 0.15) is 0 Å². The van der Waals surface area contributed by atoms with Gasteiger partial charge in [0.2, 0.25) is 0 Å². The Bertz CT molecular complexity index is 564. The summed E-state index contributed by atoms with van der Waals surface area (Å²) in [6.45, 7) is 1.08. The van der Waals surface area contributed by atoms with E-state index in [9.17, 15) is 13.2 Å². The number of rotatable bonds is 5. The van der Waals surface area contributed by atoms with E-state index in [0.29, 0.717) is 24.5 Å². The molecule has 0 amide bonds. The van der Waals surface area contributed by atoms with Gasteiger partial charge in [-0.2, -0.15) is 13.2 Å². The van der Waals surface area contributed by atoms with Crippen LogP contribution in [0.2, 0.25) is 0 Å². The highest BCUT2D eigenvalue weighted by Crippen LogP contribution is 2.31. The summed E-state index contributed by atoms with van der Waals surface area (Å²) in [5, 5.41) is 11.1. The number of hydrogen-bond donors (Lipinski definition) is 1. The highest BCUT2D eigenvalue weighted by Gasteiger charge is 2.30. The van der Waals surface area contributed by atoms with E-state index in [2.05, 4.69) is 15.5 Å². The summed E-state index contributed by atoms with van der Waals surface area (Å²) in [6, 6.07) is 4.97. The smallest absolute Gasteiger partial charge is 0.330 e. The first-order valence-electron chi connectivity index (χ1n) is 6.16. The Morgan fingerprint density at radius 1 is 1.20 bits per heavy atom. The van der Waals surface area contributed by atoms with Crippen molar-refractivity contribution in [3.8, 4) is 11.4 Å². The zero-order chi connectivity index (χ0) is 14.6. The van der Waals surface area contributed by atoms with E-state index in [1.54, 1.807) is 6.07 Å². The number of alkyl halides is 3. The molecule has 0 radical (unpaired) electrons. The largest absolute Gasteiger partial charge is 0.416 e. The van der Waals surface area contributed by atoms with Gasteiger partial charge in [0.15, 0.2) is 5.82 Å². The molecule has 2 aromatic rings. The van der Waals surface area contributed by atoms with Gasteiger partial charge in [-0.3, -0.25) is 0 Å². The topological polar surface area (TPSA) is 69.6 Å². The van der Waals surface area contributed by atoms with E-state index in [0.717, 1.165) is 25.0 Å². The van der Waals surface area contributed by atoms with Crippen LogP contribution in [0, 0.1) is 0 Å². The molecule has 1 heterocycles. The van der Waals surface area contributed by atoms with Crippen molar-refractivity contribution in [2.45, 2.75) is 25.6 Å². The lowest BCUT2D eigenvalue weighted by molar-refractivity contribution is -0.137. The molecule has 8 heteroatoms. The van der Waals surface area contributed by atoms with E-state index in [4.69, 9.17) is 5.73 Å². The summed E-state index contributed by atoms with van der Waals surface area (Å²) in [4.78, 5) is 0. The van der Waals surface area contributed by atoms with Crippen LogP contribution in [-0.2, 0) is 12.7 Å². The molecule has 1 aromatic heterocycles. The van der Waals surface area contributed by atoms with Gasteiger partial charge in [0.05, 0.1) is 5.56 Å². The van der Waals surface area contributed by atoms with Crippen LogP contribution in [0.5, 0.6) is 0 Å². The lowest BCUT2D eigenvalue weighted by Gasteiger charge is -2.08. The minimum absolute atomic E-state index is 0.327. The summed E-state index contributed by atoms with van der Waals surface area (Å²) >= 11 is 0. The Balaban J connectivity index is 2.26. The van der Waals surface area contributed by atoms with Crippen LogP contribution in [0.1, 0.15) is 18.4 Å². The molecule has 0 bridgehead atoms. The van der Waals surface area contributed by atoms with Crippen molar-refractivity contribution in [2.24, 2.45) is 5.73 Å². The summed E-state index contributed by atoms with van der Waals surface area (Å²) in [6.07, 6.45) is -2.80. The van der Waals surface area contributed by atoms with E-state index in [1.165, 1.54) is 10.7 Å². The molecule has 0 aliphatic rings. The number of aryl methyl sites for hydroxylation is 1. The van der Waals surface area contributed by atoms with Crippen molar-refractivity contribution in [1.29, 1.82) is 0 Å². The van der Waals surface area contributed by atoms with Gasteiger partial charge in [-0.25, -0.2) is 4.68 Å². The Morgan fingerprint density at radius 2 is 2.00 bits per heavy atom. The molecule has 2 N–H and O–H groups in total. The van der Waals surface area contributed by atoms with Gasteiger partial charge in [0.25, 0.3) is 0 Å². The predicted octanol–water partition coefficient (Wildman–Crippen LogP) is 2.10. The van der Waals surface area contributed by atoms with Crippen LogP contribution in [0.15, 0.2) is 24.3 Å². The Kier molecular flexibility index (Phi) is 4.33. The number of aromatic nitrogens is 4. The molecule has 108 valence electrons. The molecular weight excluding hydrogens is 271 g/mol. The van der Waals surface area contributed by atoms with Crippen molar-refractivity contribution in [3.63, 3.8) is 0 Å². The minimum Gasteiger partial charge on any atom is -0.330 e. The van der Waals surface area contributed by atoms with E-state index < -0.39 is 11.7 Å². The highest BCUT2D eigenvalue weighted by molar-refractivity contribution is 5.56. The monoisotopic (exact) mass is 285 g/mol. The van der Waals surface area contributed by atoms with Crippen LogP contribution in [-0.4, -0.2) is 26.8 Å². The van der Waals surface area contributed by atoms with Gasteiger partial charge in [-0.15, -0.1) is 5.10 Å². The minimum atomic E-state index is -4.38. The van der Waals surface area contributed by atoms with Crippen LogP contribution in [0.4, 0.5) is 13.2 Å². The quantitative estimate of drug-likeness (QED) is 0.854. The number of nitrogens with zero attached hydrogens (tertiary/aromatic N) is 4. The van der Waals surface area contributed by atoms with Crippen molar-refractivity contribution in [1.82, 2.24) is 20.2 Å². The predicted molar refractivity (Wildman–Crippen MR) is 66.5 cm³/mol. The summed E-state index contributed by atoms with van der Waals surface area (Å²) in [5.41, 5.74) is 5.03. The second kappa shape index (κ2) is 6.00. The molecule has 0 saturated heterocycles. The second-order valence-corrected chi connectivity index (χ2v) is 4.30. The van der Waals surface area contributed by atoms with Crippen molar-refractivity contribution in [3.05, 3.63) is 29.8 Å². The second-order valence-electron chi connectivity index (χ2n) is 4.30. The van der Waals surface area contributed by atoms with E-state index in [-0.39, 0.29) is 0 Å². The fourth-order valence-corrected chi connectivity index (χ4v) is 1.80. The SMILES string of the molecule is NCCCCn1nnnc1-c1cccc(C(F)(F)F)c1. The molecule has 5 nitrogen and oxygen atoms in total. The molecule has 0 spiro atoms.